The lowest BCUT2D eigenvalue weighted by molar-refractivity contribution is 0.198. The third-order valence-electron chi connectivity index (χ3n) is 5.34. The molecule has 2 aliphatic heterocycles. The van der Waals surface area contributed by atoms with Crippen molar-refractivity contribution in [1.82, 2.24) is 14.9 Å². The van der Waals surface area contributed by atoms with E-state index in [1.54, 1.807) is 6.20 Å². The van der Waals surface area contributed by atoms with Gasteiger partial charge in [-0.1, -0.05) is 18.2 Å². The maximum Gasteiger partial charge on any atom is 0.0630 e. The van der Waals surface area contributed by atoms with E-state index in [4.69, 9.17) is 0 Å². The fourth-order valence-corrected chi connectivity index (χ4v) is 4.11. The molecule has 0 bridgehead atoms. The van der Waals surface area contributed by atoms with Gasteiger partial charge in [0.2, 0.25) is 0 Å². The maximum atomic E-state index is 4.53. The number of benzene rings is 1. The molecule has 2 fully saturated rings. The van der Waals surface area contributed by atoms with Gasteiger partial charge in [0, 0.05) is 56.4 Å². The Kier molecular flexibility index (Phi) is 4.74. The van der Waals surface area contributed by atoms with Crippen molar-refractivity contribution in [2.45, 2.75) is 38.1 Å². The van der Waals surface area contributed by atoms with Gasteiger partial charge in [0.1, 0.15) is 0 Å². The van der Waals surface area contributed by atoms with E-state index in [2.05, 4.69) is 44.0 Å². The second-order valence-electron chi connectivity index (χ2n) is 7.03. The van der Waals surface area contributed by atoms with Crippen LogP contribution in [0.25, 0.3) is 0 Å². The van der Waals surface area contributed by atoms with E-state index in [0.717, 1.165) is 18.8 Å². The van der Waals surface area contributed by atoms with Gasteiger partial charge in [-0.05, 0) is 43.9 Å². The van der Waals surface area contributed by atoms with Gasteiger partial charge in [0.05, 0.1) is 5.69 Å². The van der Waals surface area contributed by atoms with Gasteiger partial charge in [0.25, 0.3) is 0 Å². The third kappa shape index (κ3) is 3.44. The molecule has 0 aliphatic carbocycles. The zero-order valence-corrected chi connectivity index (χ0v) is 14.3. The van der Waals surface area contributed by atoms with E-state index in [1.165, 1.54) is 56.6 Å². The SMILES string of the molecule is c1ccc(N2CCCC2)c(CN2CCCC(c3cnccn3)C2)c1. The molecule has 2 aliphatic rings. The summed E-state index contributed by atoms with van der Waals surface area (Å²) in [5.74, 6) is 0.520. The van der Waals surface area contributed by atoms with Crippen molar-refractivity contribution in [2.24, 2.45) is 0 Å². The van der Waals surface area contributed by atoms with E-state index >= 15 is 0 Å². The first kappa shape index (κ1) is 15.6. The van der Waals surface area contributed by atoms with Crippen LogP contribution >= 0.6 is 0 Å². The Morgan fingerprint density at radius 3 is 2.71 bits per heavy atom. The van der Waals surface area contributed by atoms with Crippen molar-refractivity contribution in [2.75, 3.05) is 31.1 Å². The molecular formula is C20H26N4. The van der Waals surface area contributed by atoms with Crippen molar-refractivity contribution in [3.8, 4) is 0 Å². The second kappa shape index (κ2) is 7.31. The molecule has 1 aromatic carbocycles. The van der Waals surface area contributed by atoms with Crippen LogP contribution in [-0.4, -0.2) is 41.0 Å². The van der Waals surface area contributed by atoms with Gasteiger partial charge in [-0.3, -0.25) is 14.9 Å². The minimum absolute atomic E-state index is 0.520. The van der Waals surface area contributed by atoms with Gasteiger partial charge in [-0.25, -0.2) is 0 Å². The quantitative estimate of drug-likeness (QED) is 0.863. The Balaban J connectivity index is 1.47. The summed E-state index contributed by atoms with van der Waals surface area (Å²) in [4.78, 5) is 13.9. The van der Waals surface area contributed by atoms with Crippen LogP contribution in [0, 0.1) is 0 Å². The van der Waals surface area contributed by atoms with E-state index in [1.807, 2.05) is 12.4 Å². The molecule has 4 heteroatoms. The van der Waals surface area contributed by atoms with Crippen molar-refractivity contribution < 1.29 is 0 Å². The Bertz CT molecular complexity index is 652. The molecule has 2 saturated heterocycles. The average Bonchev–Trinajstić information content (AvgIpc) is 3.18. The summed E-state index contributed by atoms with van der Waals surface area (Å²) in [7, 11) is 0. The summed E-state index contributed by atoms with van der Waals surface area (Å²) >= 11 is 0. The predicted octanol–water partition coefficient (Wildman–Crippen LogP) is 3.46. The Morgan fingerprint density at radius 1 is 1.00 bits per heavy atom. The largest absolute Gasteiger partial charge is 0.371 e. The van der Waals surface area contributed by atoms with Gasteiger partial charge in [-0.2, -0.15) is 0 Å². The predicted molar refractivity (Wildman–Crippen MR) is 97.2 cm³/mol. The van der Waals surface area contributed by atoms with Crippen molar-refractivity contribution in [3.63, 3.8) is 0 Å². The first-order valence-corrected chi connectivity index (χ1v) is 9.21. The van der Waals surface area contributed by atoms with Crippen molar-refractivity contribution in [3.05, 3.63) is 54.1 Å². The standard InChI is InChI=1S/C20H26N4/c1-2-8-20(24-12-3-4-13-24)18(6-1)16-23-11-5-7-17(15-23)19-14-21-9-10-22-19/h1-2,6,8-10,14,17H,3-5,7,11-13,15-16H2. The molecule has 0 N–H and O–H groups in total. The number of hydrogen-bond acceptors (Lipinski definition) is 4. The number of rotatable bonds is 4. The fraction of sp³-hybridized carbons (Fsp3) is 0.500. The molecular weight excluding hydrogens is 296 g/mol. The number of anilines is 1. The summed E-state index contributed by atoms with van der Waals surface area (Å²) in [5, 5.41) is 0. The normalized spacial score (nSPS) is 22.0. The van der Waals surface area contributed by atoms with Gasteiger partial charge in [0.15, 0.2) is 0 Å². The van der Waals surface area contributed by atoms with Crippen LogP contribution in [-0.2, 0) is 6.54 Å². The summed E-state index contributed by atoms with van der Waals surface area (Å²) in [5.41, 5.74) is 4.06. The van der Waals surface area contributed by atoms with Crippen LogP contribution in [0.5, 0.6) is 0 Å². The van der Waals surface area contributed by atoms with Gasteiger partial charge in [-0.15, -0.1) is 0 Å². The van der Waals surface area contributed by atoms with Crippen LogP contribution < -0.4 is 4.90 Å². The van der Waals surface area contributed by atoms with E-state index in [-0.39, 0.29) is 0 Å². The first-order chi connectivity index (χ1) is 11.9. The molecule has 0 amide bonds. The summed E-state index contributed by atoms with van der Waals surface area (Å²) < 4.78 is 0. The highest BCUT2D eigenvalue weighted by Gasteiger charge is 2.24. The van der Waals surface area contributed by atoms with Crippen molar-refractivity contribution >= 4 is 5.69 Å². The Morgan fingerprint density at radius 2 is 1.88 bits per heavy atom. The maximum absolute atomic E-state index is 4.53. The van der Waals surface area contributed by atoms with Crippen LogP contribution in [0.15, 0.2) is 42.9 Å². The molecule has 1 atom stereocenters. The molecule has 0 saturated carbocycles. The smallest absolute Gasteiger partial charge is 0.0630 e. The number of aromatic nitrogens is 2. The summed E-state index contributed by atoms with van der Waals surface area (Å²) in [6.45, 7) is 5.74. The van der Waals surface area contributed by atoms with Gasteiger partial charge >= 0.3 is 0 Å². The van der Waals surface area contributed by atoms with Crippen molar-refractivity contribution in [1.29, 1.82) is 0 Å². The second-order valence-corrected chi connectivity index (χ2v) is 7.03. The minimum atomic E-state index is 0.520. The molecule has 1 aromatic heterocycles. The summed E-state index contributed by atoms with van der Waals surface area (Å²) in [6.07, 6.45) is 10.6. The van der Waals surface area contributed by atoms with E-state index in [9.17, 15) is 0 Å². The third-order valence-corrected chi connectivity index (χ3v) is 5.34. The number of para-hydroxylation sites is 1. The molecule has 126 valence electrons. The molecule has 1 unspecified atom stereocenters. The lowest BCUT2D eigenvalue weighted by atomic mass is 9.94. The number of nitrogens with zero attached hydrogens (tertiary/aromatic N) is 4. The first-order valence-electron chi connectivity index (χ1n) is 9.21. The lowest BCUT2D eigenvalue weighted by Gasteiger charge is -2.33. The number of piperidine rings is 1. The van der Waals surface area contributed by atoms with Crippen LogP contribution in [0.2, 0.25) is 0 Å². The number of likely N-dealkylation sites (tertiary alicyclic amines) is 1. The highest BCUT2D eigenvalue weighted by atomic mass is 15.2. The lowest BCUT2D eigenvalue weighted by Crippen LogP contribution is -2.34. The molecule has 0 radical (unpaired) electrons. The van der Waals surface area contributed by atoms with Crippen LogP contribution in [0.3, 0.4) is 0 Å². The molecule has 24 heavy (non-hydrogen) atoms. The topological polar surface area (TPSA) is 32.3 Å². The highest BCUT2D eigenvalue weighted by Crippen LogP contribution is 2.29. The van der Waals surface area contributed by atoms with E-state index in [0.29, 0.717) is 5.92 Å². The Hall–Kier alpha value is -1.94. The molecule has 3 heterocycles. The zero-order valence-electron chi connectivity index (χ0n) is 14.3. The monoisotopic (exact) mass is 322 g/mol. The minimum Gasteiger partial charge on any atom is -0.371 e. The number of hydrogen-bond donors (Lipinski definition) is 0. The van der Waals surface area contributed by atoms with Crippen LogP contribution in [0.1, 0.15) is 42.9 Å². The Labute approximate surface area is 144 Å². The average molecular weight is 322 g/mol. The zero-order chi connectivity index (χ0) is 16.2. The molecule has 4 rings (SSSR count). The van der Waals surface area contributed by atoms with E-state index < -0.39 is 0 Å². The summed E-state index contributed by atoms with van der Waals surface area (Å²) in [6, 6.07) is 8.96. The van der Waals surface area contributed by atoms with Crippen LogP contribution in [0.4, 0.5) is 5.69 Å². The molecule has 2 aromatic rings. The molecule has 0 spiro atoms. The van der Waals surface area contributed by atoms with Gasteiger partial charge < -0.3 is 4.90 Å². The molecule has 4 nitrogen and oxygen atoms in total. The fourth-order valence-electron chi connectivity index (χ4n) is 4.11. The highest BCUT2D eigenvalue weighted by molar-refractivity contribution is 5.54.